The number of rotatable bonds is 7. The van der Waals surface area contributed by atoms with Crippen LogP contribution in [0.2, 0.25) is 0 Å². The molecule has 0 aromatic heterocycles. The predicted molar refractivity (Wildman–Crippen MR) is 66.4 cm³/mol. The Bertz CT molecular complexity index is 317. The first kappa shape index (κ1) is 14.8. The van der Waals surface area contributed by atoms with Crippen molar-refractivity contribution >= 4 is 12.0 Å². The number of carbonyl (C=O) groups excluding carboxylic acids is 1. The molecule has 1 aliphatic rings. The maximum Gasteiger partial charge on any atom is 0.329 e. The first-order chi connectivity index (χ1) is 8.43. The third kappa shape index (κ3) is 3.60. The maximum absolute atomic E-state index is 11.8. The zero-order chi connectivity index (χ0) is 13.8. The monoisotopic (exact) mass is 258 g/mol. The highest BCUT2D eigenvalue weighted by molar-refractivity contribution is 5.86. The number of urea groups is 1. The Kier molecular flexibility index (Phi) is 4.95. The van der Waals surface area contributed by atoms with E-state index < -0.39 is 17.5 Å². The van der Waals surface area contributed by atoms with Crippen molar-refractivity contribution in [3.63, 3.8) is 0 Å². The van der Waals surface area contributed by atoms with Crippen molar-refractivity contribution < 1.29 is 19.4 Å². The van der Waals surface area contributed by atoms with E-state index in [0.29, 0.717) is 6.61 Å². The Balaban J connectivity index is 2.54. The highest BCUT2D eigenvalue weighted by atomic mass is 16.5. The number of amides is 2. The fraction of sp³-hybridized carbons (Fsp3) is 0.833. The summed E-state index contributed by atoms with van der Waals surface area (Å²) in [5.74, 6) is -0.955. The fourth-order valence-corrected chi connectivity index (χ4v) is 1.91. The van der Waals surface area contributed by atoms with Gasteiger partial charge in [0.05, 0.1) is 12.6 Å². The van der Waals surface area contributed by atoms with E-state index in [1.807, 2.05) is 6.92 Å². The normalized spacial score (nSPS) is 19.7. The summed E-state index contributed by atoms with van der Waals surface area (Å²) in [5.41, 5.74) is -1.17. The topological polar surface area (TPSA) is 87.7 Å². The third-order valence-electron chi connectivity index (χ3n) is 3.41. The van der Waals surface area contributed by atoms with Crippen LogP contribution in [0.3, 0.4) is 0 Å². The number of aliphatic carboxylic acids is 1. The SMILES string of the molecule is CCC(COC)NC(=O)NC(C)(C(=O)O)C1CC1. The summed E-state index contributed by atoms with van der Waals surface area (Å²) in [5, 5.41) is 14.5. The second kappa shape index (κ2) is 6.04. The molecule has 1 rings (SSSR count). The quantitative estimate of drug-likeness (QED) is 0.635. The van der Waals surface area contributed by atoms with Crippen molar-refractivity contribution in [2.24, 2.45) is 5.92 Å². The molecule has 0 saturated heterocycles. The molecule has 0 aromatic rings. The third-order valence-corrected chi connectivity index (χ3v) is 3.41. The molecule has 1 saturated carbocycles. The summed E-state index contributed by atoms with van der Waals surface area (Å²) in [6, 6.07) is -0.553. The van der Waals surface area contributed by atoms with Gasteiger partial charge in [0.2, 0.25) is 0 Å². The van der Waals surface area contributed by atoms with Gasteiger partial charge in [-0.1, -0.05) is 6.92 Å². The van der Waals surface area contributed by atoms with Gasteiger partial charge in [0.25, 0.3) is 0 Å². The van der Waals surface area contributed by atoms with Crippen LogP contribution in [-0.2, 0) is 9.53 Å². The molecule has 0 heterocycles. The molecular weight excluding hydrogens is 236 g/mol. The summed E-state index contributed by atoms with van der Waals surface area (Å²) in [6.07, 6.45) is 2.42. The summed E-state index contributed by atoms with van der Waals surface area (Å²) in [7, 11) is 1.56. The van der Waals surface area contributed by atoms with Gasteiger partial charge in [-0.2, -0.15) is 0 Å². The average molecular weight is 258 g/mol. The Morgan fingerprint density at radius 1 is 1.50 bits per heavy atom. The van der Waals surface area contributed by atoms with Gasteiger partial charge in [-0.05, 0) is 32.1 Å². The summed E-state index contributed by atoms with van der Waals surface area (Å²) < 4.78 is 4.97. The number of ether oxygens (including phenoxy) is 1. The molecule has 2 atom stereocenters. The number of hydrogen-bond acceptors (Lipinski definition) is 3. The van der Waals surface area contributed by atoms with Crippen molar-refractivity contribution in [2.75, 3.05) is 13.7 Å². The average Bonchev–Trinajstić information content (AvgIpc) is 3.11. The highest BCUT2D eigenvalue weighted by Crippen LogP contribution is 2.39. The minimum atomic E-state index is -1.17. The standard InChI is InChI=1S/C12H22N2O4/c1-4-9(7-18-3)13-11(17)14-12(2,10(15)16)8-5-6-8/h8-9H,4-7H2,1-3H3,(H,15,16)(H2,13,14,17). The molecule has 0 aromatic carbocycles. The molecule has 2 amide bonds. The van der Waals surface area contributed by atoms with Crippen LogP contribution in [0.5, 0.6) is 0 Å². The van der Waals surface area contributed by atoms with E-state index in [-0.39, 0.29) is 12.0 Å². The van der Waals surface area contributed by atoms with E-state index >= 15 is 0 Å². The number of nitrogens with one attached hydrogen (secondary N) is 2. The lowest BCUT2D eigenvalue weighted by Gasteiger charge is -2.27. The van der Waals surface area contributed by atoms with Crippen molar-refractivity contribution in [3.8, 4) is 0 Å². The second-order valence-electron chi connectivity index (χ2n) is 4.94. The van der Waals surface area contributed by atoms with Gasteiger partial charge in [0.1, 0.15) is 5.54 Å². The van der Waals surface area contributed by atoms with Gasteiger partial charge >= 0.3 is 12.0 Å². The largest absolute Gasteiger partial charge is 0.480 e. The Labute approximate surface area is 107 Å². The summed E-state index contributed by atoms with van der Waals surface area (Å²) in [4.78, 5) is 23.1. The molecule has 6 heteroatoms. The van der Waals surface area contributed by atoms with Crippen molar-refractivity contribution in [3.05, 3.63) is 0 Å². The molecule has 18 heavy (non-hydrogen) atoms. The molecule has 2 unspecified atom stereocenters. The van der Waals surface area contributed by atoms with Gasteiger partial charge < -0.3 is 20.5 Å². The van der Waals surface area contributed by atoms with E-state index in [1.165, 1.54) is 0 Å². The van der Waals surface area contributed by atoms with Gasteiger partial charge in [-0.3, -0.25) is 0 Å². The lowest BCUT2D eigenvalue weighted by Crippen LogP contribution is -2.58. The lowest BCUT2D eigenvalue weighted by molar-refractivity contribution is -0.144. The highest BCUT2D eigenvalue weighted by Gasteiger charge is 2.48. The van der Waals surface area contributed by atoms with Crippen LogP contribution in [0.25, 0.3) is 0 Å². The Morgan fingerprint density at radius 3 is 2.50 bits per heavy atom. The van der Waals surface area contributed by atoms with Crippen LogP contribution in [0.15, 0.2) is 0 Å². The first-order valence-electron chi connectivity index (χ1n) is 6.25. The van der Waals surface area contributed by atoms with E-state index in [0.717, 1.165) is 19.3 Å². The number of carboxylic acid groups (broad SMARTS) is 1. The maximum atomic E-state index is 11.8. The number of carboxylic acids is 1. The van der Waals surface area contributed by atoms with Crippen LogP contribution in [0.1, 0.15) is 33.1 Å². The Hall–Kier alpha value is -1.30. The van der Waals surface area contributed by atoms with Crippen molar-refractivity contribution in [2.45, 2.75) is 44.7 Å². The lowest BCUT2D eigenvalue weighted by atomic mass is 9.96. The van der Waals surface area contributed by atoms with Crippen molar-refractivity contribution in [1.29, 1.82) is 0 Å². The van der Waals surface area contributed by atoms with E-state index in [4.69, 9.17) is 4.74 Å². The molecule has 0 aliphatic heterocycles. The molecule has 1 aliphatic carbocycles. The summed E-state index contributed by atoms with van der Waals surface area (Å²) in [6.45, 7) is 3.90. The van der Waals surface area contributed by atoms with E-state index in [2.05, 4.69) is 10.6 Å². The number of hydrogen-bond donors (Lipinski definition) is 3. The zero-order valence-electron chi connectivity index (χ0n) is 11.2. The van der Waals surface area contributed by atoms with E-state index in [1.54, 1.807) is 14.0 Å². The minimum Gasteiger partial charge on any atom is -0.480 e. The van der Waals surface area contributed by atoms with Gasteiger partial charge in [-0.15, -0.1) is 0 Å². The number of carbonyl (C=O) groups is 2. The van der Waals surface area contributed by atoms with E-state index in [9.17, 15) is 14.7 Å². The molecule has 104 valence electrons. The first-order valence-corrected chi connectivity index (χ1v) is 6.25. The van der Waals surface area contributed by atoms with Crippen LogP contribution >= 0.6 is 0 Å². The molecule has 0 bridgehead atoms. The van der Waals surface area contributed by atoms with Crippen LogP contribution in [0.4, 0.5) is 4.79 Å². The molecule has 6 nitrogen and oxygen atoms in total. The molecule has 0 radical (unpaired) electrons. The van der Waals surface area contributed by atoms with Crippen LogP contribution in [-0.4, -0.2) is 42.4 Å². The second-order valence-corrected chi connectivity index (χ2v) is 4.94. The Morgan fingerprint density at radius 2 is 2.11 bits per heavy atom. The predicted octanol–water partition coefficient (Wildman–Crippen LogP) is 0.964. The van der Waals surface area contributed by atoms with Gasteiger partial charge in [-0.25, -0.2) is 9.59 Å². The molecule has 0 spiro atoms. The van der Waals surface area contributed by atoms with Crippen molar-refractivity contribution in [1.82, 2.24) is 10.6 Å². The fourth-order valence-electron chi connectivity index (χ4n) is 1.91. The number of methoxy groups -OCH3 is 1. The smallest absolute Gasteiger partial charge is 0.329 e. The van der Waals surface area contributed by atoms with Gasteiger partial charge in [0, 0.05) is 7.11 Å². The van der Waals surface area contributed by atoms with Crippen LogP contribution < -0.4 is 10.6 Å². The molecular formula is C12H22N2O4. The minimum absolute atomic E-state index is 0.0308. The van der Waals surface area contributed by atoms with Crippen LogP contribution in [0, 0.1) is 5.92 Å². The van der Waals surface area contributed by atoms with Gasteiger partial charge in [0.15, 0.2) is 0 Å². The molecule has 3 N–H and O–H groups in total. The summed E-state index contributed by atoms with van der Waals surface area (Å²) >= 11 is 0. The molecule has 1 fully saturated rings. The zero-order valence-corrected chi connectivity index (χ0v) is 11.2.